The predicted molar refractivity (Wildman–Crippen MR) is 39.7 cm³/mol. The van der Waals surface area contributed by atoms with Crippen LogP contribution in [0.15, 0.2) is 0 Å². The topological polar surface area (TPSA) is 84.6 Å². The first-order valence-electron chi connectivity index (χ1n) is 3.75. The molecule has 6 heteroatoms. The molecule has 2 atom stereocenters. The van der Waals surface area contributed by atoms with Crippen molar-refractivity contribution in [3.05, 3.63) is 0 Å². The lowest BCUT2D eigenvalue weighted by Crippen LogP contribution is -2.55. The van der Waals surface area contributed by atoms with Crippen LogP contribution >= 0.6 is 0 Å². The molecule has 1 amide bonds. The largest absolute Gasteiger partial charge is 0.465 e. The predicted octanol–water partition coefficient (Wildman–Crippen LogP) is -0.0371. The standard InChI is InChI=1S/C7H9FN2O3/c8-5-1-2-10(6(11)12)4-7(5,13)3-9/h5,13H,1-2,4H2,(H,11,12). The van der Waals surface area contributed by atoms with Crippen molar-refractivity contribution in [1.29, 1.82) is 5.26 Å². The Bertz CT molecular complexity index is 265. The number of nitriles is 1. The summed E-state index contributed by atoms with van der Waals surface area (Å²) in [5.74, 6) is 0. The number of halogens is 1. The van der Waals surface area contributed by atoms with Gasteiger partial charge >= 0.3 is 6.09 Å². The molecular weight excluding hydrogens is 179 g/mol. The molecule has 1 aliphatic heterocycles. The van der Waals surface area contributed by atoms with Crippen LogP contribution in [-0.2, 0) is 0 Å². The molecule has 0 aromatic heterocycles. The number of likely N-dealkylation sites (tertiary alicyclic amines) is 1. The monoisotopic (exact) mass is 188 g/mol. The highest BCUT2D eigenvalue weighted by Gasteiger charge is 2.44. The maximum Gasteiger partial charge on any atom is 0.407 e. The van der Waals surface area contributed by atoms with Gasteiger partial charge in [-0.3, -0.25) is 0 Å². The summed E-state index contributed by atoms with van der Waals surface area (Å²) < 4.78 is 13.0. The van der Waals surface area contributed by atoms with Crippen LogP contribution in [0.5, 0.6) is 0 Å². The van der Waals surface area contributed by atoms with Gasteiger partial charge in [0.2, 0.25) is 0 Å². The van der Waals surface area contributed by atoms with E-state index in [1.807, 2.05) is 0 Å². The number of carbonyl (C=O) groups is 1. The first-order valence-corrected chi connectivity index (χ1v) is 3.75. The second-order valence-electron chi connectivity index (χ2n) is 3.00. The summed E-state index contributed by atoms with van der Waals surface area (Å²) in [6.45, 7) is -0.472. The van der Waals surface area contributed by atoms with Gasteiger partial charge in [-0.2, -0.15) is 5.26 Å². The molecule has 2 unspecified atom stereocenters. The molecule has 0 bridgehead atoms. The summed E-state index contributed by atoms with van der Waals surface area (Å²) in [5.41, 5.74) is -2.18. The molecule has 0 spiro atoms. The van der Waals surface area contributed by atoms with E-state index in [-0.39, 0.29) is 13.0 Å². The fraction of sp³-hybridized carbons (Fsp3) is 0.714. The molecule has 1 aliphatic rings. The highest BCUT2D eigenvalue weighted by atomic mass is 19.1. The lowest BCUT2D eigenvalue weighted by molar-refractivity contribution is -0.0421. The quantitative estimate of drug-likeness (QED) is 0.522. The zero-order valence-corrected chi connectivity index (χ0v) is 6.77. The second kappa shape index (κ2) is 3.18. The third kappa shape index (κ3) is 1.70. The number of amides is 1. The number of rotatable bonds is 0. The smallest absolute Gasteiger partial charge is 0.407 e. The Morgan fingerprint density at radius 1 is 1.77 bits per heavy atom. The molecular formula is C7H9FN2O3. The fourth-order valence-corrected chi connectivity index (χ4v) is 1.25. The van der Waals surface area contributed by atoms with E-state index in [0.29, 0.717) is 0 Å². The van der Waals surface area contributed by atoms with E-state index in [1.54, 1.807) is 0 Å². The summed E-state index contributed by atoms with van der Waals surface area (Å²) in [5, 5.41) is 26.3. The average molecular weight is 188 g/mol. The molecule has 2 N–H and O–H groups in total. The first kappa shape index (κ1) is 9.74. The number of nitrogens with zero attached hydrogens (tertiary/aromatic N) is 2. The van der Waals surface area contributed by atoms with Crippen LogP contribution in [0.2, 0.25) is 0 Å². The molecule has 13 heavy (non-hydrogen) atoms. The highest BCUT2D eigenvalue weighted by molar-refractivity contribution is 5.65. The van der Waals surface area contributed by atoms with Crippen LogP contribution in [0, 0.1) is 11.3 Å². The van der Waals surface area contributed by atoms with Gasteiger partial charge in [-0.25, -0.2) is 9.18 Å². The van der Waals surface area contributed by atoms with E-state index < -0.39 is 24.4 Å². The number of carboxylic acid groups (broad SMARTS) is 1. The molecule has 1 rings (SSSR count). The molecule has 0 radical (unpaired) electrons. The average Bonchev–Trinajstić information content (AvgIpc) is 2.09. The van der Waals surface area contributed by atoms with Gasteiger partial charge in [-0.1, -0.05) is 0 Å². The molecule has 0 aromatic rings. The Hall–Kier alpha value is -1.35. The van der Waals surface area contributed by atoms with Crippen LogP contribution < -0.4 is 0 Å². The van der Waals surface area contributed by atoms with Crippen molar-refractivity contribution in [2.75, 3.05) is 13.1 Å². The molecule has 1 fully saturated rings. The van der Waals surface area contributed by atoms with Crippen LogP contribution in [0.1, 0.15) is 6.42 Å². The number of alkyl halides is 1. The first-order chi connectivity index (χ1) is 5.99. The van der Waals surface area contributed by atoms with Gasteiger partial charge in [0.25, 0.3) is 0 Å². The summed E-state index contributed by atoms with van der Waals surface area (Å²) in [7, 11) is 0. The second-order valence-corrected chi connectivity index (χ2v) is 3.00. The zero-order valence-electron chi connectivity index (χ0n) is 6.77. The van der Waals surface area contributed by atoms with Gasteiger partial charge in [-0.05, 0) is 0 Å². The third-order valence-corrected chi connectivity index (χ3v) is 2.07. The van der Waals surface area contributed by atoms with E-state index in [4.69, 9.17) is 10.4 Å². The van der Waals surface area contributed by atoms with Crippen molar-refractivity contribution in [3.8, 4) is 6.07 Å². The van der Waals surface area contributed by atoms with Crippen molar-refractivity contribution in [2.45, 2.75) is 18.2 Å². The number of hydrogen-bond donors (Lipinski definition) is 2. The SMILES string of the molecule is N#CC1(O)CN(C(=O)O)CCC1F. The summed E-state index contributed by atoms with van der Waals surface area (Å²) in [6, 6.07) is 1.39. The number of β-amino-alcohol motifs (C(OH)–C–C–N with tert-alkyl or cyclic N) is 1. The fourth-order valence-electron chi connectivity index (χ4n) is 1.25. The zero-order chi connectivity index (χ0) is 10.1. The molecule has 0 aliphatic carbocycles. The molecule has 0 saturated carbocycles. The van der Waals surface area contributed by atoms with Gasteiger partial charge < -0.3 is 15.1 Å². The van der Waals surface area contributed by atoms with E-state index in [9.17, 15) is 14.3 Å². The minimum atomic E-state index is -2.18. The Labute approximate surface area is 74.0 Å². The normalized spacial score (nSPS) is 33.9. The molecule has 1 saturated heterocycles. The van der Waals surface area contributed by atoms with Gasteiger partial charge in [0.1, 0.15) is 12.2 Å². The third-order valence-electron chi connectivity index (χ3n) is 2.07. The van der Waals surface area contributed by atoms with Crippen molar-refractivity contribution < 1.29 is 19.4 Å². The van der Waals surface area contributed by atoms with E-state index >= 15 is 0 Å². The summed E-state index contributed by atoms with van der Waals surface area (Å²) in [6.07, 6.45) is -3.07. The maximum atomic E-state index is 13.0. The number of hydrogen-bond acceptors (Lipinski definition) is 3. The Morgan fingerprint density at radius 3 is 2.85 bits per heavy atom. The summed E-state index contributed by atoms with van der Waals surface area (Å²) in [4.78, 5) is 11.3. The Balaban J connectivity index is 2.76. The van der Waals surface area contributed by atoms with Crippen molar-refractivity contribution in [1.82, 2.24) is 4.90 Å². The van der Waals surface area contributed by atoms with E-state index in [0.717, 1.165) is 4.90 Å². The number of aliphatic hydroxyl groups is 1. The molecule has 72 valence electrons. The van der Waals surface area contributed by atoms with Gasteiger partial charge in [0.05, 0.1) is 6.54 Å². The maximum absolute atomic E-state index is 13.0. The lowest BCUT2D eigenvalue weighted by atomic mass is 9.93. The molecule has 5 nitrogen and oxygen atoms in total. The van der Waals surface area contributed by atoms with Crippen molar-refractivity contribution in [2.24, 2.45) is 0 Å². The molecule has 1 heterocycles. The van der Waals surface area contributed by atoms with Crippen LogP contribution in [-0.4, -0.2) is 46.1 Å². The van der Waals surface area contributed by atoms with Gasteiger partial charge in [-0.15, -0.1) is 0 Å². The van der Waals surface area contributed by atoms with Crippen LogP contribution in [0.3, 0.4) is 0 Å². The Kier molecular flexibility index (Phi) is 2.38. The van der Waals surface area contributed by atoms with Crippen molar-refractivity contribution in [3.63, 3.8) is 0 Å². The van der Waals surface area contributed by atoms with Crippen LogP contribution in [0.4, 0.5) is 9.18 Å². The molecule has 0 aromatic carbocycles. The van der Waals surface area contributed by atoms with Crippen LogP contribution in [0.25, 0.3) is 0 Å². The minimum Gasteiger partial charge on any atom is -0.465 e. The van der Waals surface area contributed by atoms with Gasteiger partial charge in [0, 0.05) is 13.0 Å². The van der Waals surface area contributed by atoms with E-state index in [2.05, 4.69) is 0 Å². The van der Waals surface area contributed by atoms with Crippen molar-refractivity contribution >= 4 is 6.09 Å². The highest BCUT2D eigenvalue weighted by Crippen LogP contribution is 2.23. The number of piperidine rings is 1. The van der Waals surface area contributed by atoms with E-state index in [1.165, 1.54) is 6.07 Å². The Morgan fingerprint density at radius 2 is 2.38 bits per heavy atom. The summed E-state index contributed by atoms with van der Waals surface area (Å²) >= 11 is 0. The van der Waals surface area contributed by atoms with Gasteiger partial charge in [0.15, 0.2) is 5.60 Å². The lowest BCUT2D eigenvalue weighted by Gasteiger charge is -2.35. The minimum absolute atomic E-state index is 0.0144.